The average molecular weight is 962 g/mol. The van der Waals surface area contributed by atoms with E-state index in [2.05, 4.69) is 106 Å². The van der Waals surface area contributed by atoms with Crippen LogP contribution in [0.5, 0.6) is 0 Å². The lowest BCUT2D eigenvalue weighted by Crippen LogP contribution is -2.30. The van der Waals surface area contributed by atoms with Gasteiger partial charge < -0.3 is 14.2 Å². The highest BCUT2D eigenvalue weighted by molar-refractivity contribution is 5.71. The number of rotatable bonds is 52. The summed E-state index contributed by atoms with van der Waals surface area (Å²) in [6.07, 6.45) is 74.7. The summed E-state index contributed by atoms with van der Waals surface area (Å²) in [6, 6.07) is 0. The van der Waals surface area contributed by atoms with Crippen molar-refractivity contribution in [3.63, 3.8) is 0 Å². The van der Waals surface area contributed by atoms with Gasteiger partial charge in [0.1, 0.15) is 13.2 Å². The molecule has 1 unspecified atom stereocenters. The summed E-state index contributed by atoms with van der Waals surface area (Å²) in [7, 11) is 0. The van der Waals surface area contributed by atoms with Crippen LogP contribution in [0, 0.1) is 0 Å². The average Bonchev–Trinajstić information content (AvgIpc) is 3.35. The molecule has 6 heteroatoms. The third-order valence-corrected chi connectivity index (χ3v) is 12.4. The van der Waals surface area contributed by atoms with Crippen molar-refractivity contribution in [2.24, 2.45) is 0 Å². The molecule has 0 amide bonds. The number of ether oxygens (including phenoxy) is 3. The monoisotopic (exact) mass is 961 g/mol. The molecule has 69 heavy (non-hydrogen) atoms. The summed E-state index contributed by atoms with van der Waals surface area (Å²) in [5, 5.41) is 0. The number of esters is 3. The Morgan fingerprint density at radius 1 is 0.304 bits per heavy atom. The maximum absolute atomic E-state index is 12.8. The van der Waals surface area contributed by atoms with Crippen LogP contribution in [0.4, 0.5) is 0 Å². The molecule has 0 rings (SSSR count). The van der Waals surface area contributed by atoms with Crippen molar-refractivity contribution in [1.82, 2.24) is 0 Å². The van der Waals surface area contributed by atoms with E-state index in [1.54, 1.807) is 0 Å². The molecule has 396 valence electrons. The van der Waals surface area contributed by atoms with E-state index in [1.807, 2.05) is 0 Å². The van der Waals surface area contributed by atoms with Crippen molar-refractivity contribution in [1.29, 1.82) is 0 Å². The van der Waals surface area contributed by atoms with Crippen LogP contribution in [0.2, 0.25) is 0 Å². The predicted octanol–water partition coefficient (Wildman–Crippen LogP) is 19.5. The zero-order valence-electron chi connectivity index (χ0n) is 45.3. The van der Waals surface area contributed by atoms with E-state index in [1.165, 1.54) is 128 Å². The highest BCUT2D eigenvalue weighted by Crippen LogP contribution is 2.15. The van der Waals surface area contributed by atoms with E-state index in [-0.39, 0.29) is 31.1 Å². The van der Waals surface area contributed by atoms with E-state index in [0.29, 0.717) is 19.3 Å². The zero-order chi connectivity index (χ0) is 50.0. The molecule has 0 saturated heterocycles. The largest absolute Gasteiger partial charge is 0.462 e. The molecule has 1 atom stereocenters. The van der Waals surface area contributed by atoms with Gasteiger partial charge in [-0.25, -0.2) is 0 Å². The van der Waals surface area contributed by atoms with Gasteiger partial charge in [-0.2, -0.15) is 0 Å². The maximum Gasteiger partial charge on any atom is 0.306 e. The molecule has 0 aliphatic carbocycles. The molecule has 0 aromatic rings. The van der Waals surface area contributed by atoms with Crippen LogP contribution in [0.25, 0.3) is 0 Å². The van der Waals surface area contributed by atoms with E-state index in [4.69, 9.17) is 14.2 Å². The van der Waals surface area contributed by atoms with Crippen molar-refractivity contribution >= 4 is 17.9 Å². The van der Waals surface area contributed by atoms with E-state index in [9.17, 15) is 14.4 Å². The summed E-state index contributed by atoms with van der Waals surface area (Å²) in [6.45, 7) is 6.43. The number of unbranched alkanes of at least 4 members (excludes halogenated alkanes) is 27. The second-order valence-corrected chi connectivity index (χ2v) is 19.2. The number of hydrogen-bond acceptors (Lipinski definition) is 6. The number of hydrogen-bond donors (Lipinski definition) is 0. The molecule has 0 aliphatic heterocycles. The van der Waals surface area contributed by atoms with Gasteiger partial charge in [-0.1, -0.05) is 247 Å². The molecular weight excluding hydrogens is 853 g/mol. The number of carbonyl (C=O) groups is 3. The lowest BCUT2D eigenvalue weighted by atomic mass is 10.1. The summed E-state index contributed by atoms with van der Waals surface area (Å²) < 4.78 is 16.7. The fraction of sp³-hybridized carbons (Fsp3) is 0.730. The fourth-order valence-electron chi connectivity index (χ4n) is 8.03. The standard InChI is InChI=1S/C63H108O6/c1-4-7-10-13-15-17-19-21-23-25-27-29-31-33-35-37-39-41-43-45-47-50-53-56-62(65)68-59-60(58-67-61(64)55-52-49-12-9-6-3)69-63(66)57-54-51-48-46-44-42-40-38-36-34-32-30-28-26-24-22-20-18-16-14-11-8-5-2/h7,10,15,17,20-23,26-29,32,34,60H,4-6,8-9,11-14,16,18-19,24-25,30-31,33,35-59H2,1-3H3/b10-7-,17-15-,22-20-,23-21-,28-26-,29-27-,34-32-. The zero-order valence-corrected chi connectivity index (χ0v) is 45.3. The summed E-state index contributed by atoms with van der Waals surface area (Å²) in [4.78, 5) is 37.8. The molecule has 0 saturated carbocycles. The van der Waals surface area contributed by atoms with E-state index < -0.39 is 6.10 Å². The van der Waals surface area contributed by atoms with Crippen LogP contribution >= 0.6 is 0 Å². The summed E-state index contributed by atoms with van der Waals surface area (Å²) in [5.74, 6) is -0.902. The van der Waals surface area contributed by atoms with Gasteiger partial charge in [0.15, 0.2) is 6.10 Å². The van der Waals surface area contributed by atoms with Crippen LogP contribution in [-0.2, 0) is 28.6 Å². The fourth-order valence-corrected chi connectivity index (χ4v) is 8.03. The highest BCUT2D eigenvalue weighted by Gasteiger charge is 2.19. The first-order chi connectivity index (χ1) is 34.0. The second kappa shape index (κ2) is 57.2. The molecule has 0 fully saturated rings. The maximum atomic E-state index is 12.8. The molecule has 0 bridgehead atoms. The minimum atomic E-state index is -0.779. The Hall–Kier alpha value is -3.41. The lowest BCUT2D eigenvalue weighted by molar-refractivity contribution is -0.167. The first-order valence-corrected chi connectivity index (χ1v) is 29.1. The smallest absolute Gasteiger partial charge is 0.306 e. The molecule has 0 N–H and O–H groups in total. The minimum Gasteiger partial charge on any atom is -0.462 e. The Kier molecular flexibility index (Phi) is 54.3. The Balaban J connectivity index is 4.12. The minimum absolute atomic E-state index is 0.0812. The predicted molar refractivity (Wildman–Crippen MR) is 297 cm³/mol. The quantitative estimate of drug-likeness (QED) is 0.0262. The van der Waals surface area contributed by atoms with Gasteiger partial charge in [-0.3, -0.25) is 14.4 Å². The normalized spacial score (nSPS) is 12.7. The topological polar surface area (TPSA) is 78.9 Å². The Morgan fingerprint density at radius 2 is 0.565 bits per heavy atom. The Morgan fingerprint density at radius 3 is 0.884 bits per heavy atom. The van der Waals surface area contributed by atoms with Crippen LogP contribution in [0.15, 0.2) is 85.1 Å². The van der Waals surface area contributed by atoms with Crippen molar-refractivity contribution in [2.75, 3.05) is 13.2 Å². The third-order valence-electron chi connectivity index (χ3n) is 12.4. The van der Waals surface area contributed by atoms with Gasteiger partial charge in [-0.05, 0) is 96.3 Å². The molecule has 0 aromatic carbocycles. The molecule has 0 heterocycles. The molecule has 0 spiro atoms. The molecule has 6 nitrogen and oxygen atoms in total. The van der Waals surface area contributed by atoms with Gasteiger partial charge in [0.25, 0.3) is 0 Å². The van der Waals surface area contributed by atoms with Gasteiger partial charge in [0, 0.05) is 19.3 Å². The number of carbonyl (C=O) groups excluding carboxylic acids is 3. The SMILES string of the molecule is CC/C=C\C/C=C\C/C=C\C/C=C\CCCCCCCCCCCCC(=O)OCC(COC(=O)CCCCCCC)OC(=O)CCCCCCCCCC/C=C\C/C=C\C/C=C\CCCCCCC. The summed E-state index contributed by atoms with van der Waals surface area (Å²) in [5.41, 5.74) is 0. The van der Waals surface area contributed by atoms with E-state index >= 15 is 0 Å². The van der Waals surface area contributed by atoms with Crippen LogP contribution < -0.4 is 0 Å². The van der Waals surface area contributed by atoms with Crippen molar-refractivity contribution in [3.05, 3.63) is 85.1 Å². The van der Waals surface area contributed by atoms with Crippen LogP contribution in [0.1, 0.15) is 278 Å². The first kappa shape index (κ1) is 65.6. The van der Waals surface area contributed by atoms with Crippen molar-refractivity contribution < 1.29 is 28.6 Å². The second-order valence-electron chi connectivity index (χ2n) is 19.2. The van der Waals surface area contributed by atoms with E-state index in [0.717, 1.165) is 109 Å². The van der Waals surface area contributed by atoms with Crippen molar-refractivity contribution in [2.45, 2.75) is 284 Å². The van der Waals surface area contributed by atoms with Crippen LogP contribution in [0.3, 0.4) is 0 Å². The van der Waals surface area contributed by atoms with Gasteiger partial charge in [0.05, 0.1) is 0 Å². The Bertz CT molecular complexity index is 1330. The van der Waals surface area contributed by atoms with Gasteiger partial charge >= 0.3 is 17.9 Å². The number of allylic oxidation sites excluding steroid dienone is 14. The van der Waals surface area contributed by atoms with Crippen molar-refractivity contribution in [3.8, 4) is 0 Å². The first-order valence-electron chi connectivity index (χ1n) is 29.1. The van der Waals surface area contributed by atoms with Gasteiger partial charge in [0.2, 0.25) is 0 Å². The summed E-state index contributed by atoms with van der Waals surface area (Å²) >= 11 is 0. The lowest BCUT2D eigenvalue weighted by Gasteiger charge is -2.18. The highest BCUT2D eigenvalue weighted by atomic mass is 16.6. The van der Waals surface area contributed by atoms with Gasteiger partial charge in [-0.15, -0.1) is 0 Å². The van der Waals surface area contributed by atoms with Crippen LogP contribution in [-0.4, -0.2) is 37.2 Å². The molecule has 0 radical (unpaired) electrons. The molecular formula is C63H108O6. The molecule has 0 aliphatic rings. The Labute approximate surface area is 426 Å². The molecule has 0 aromatic heterocycles. The third kappa shape index (κ3) is 55.4.